The maximum absolute atomic E-state index is 12.7. The predicted molar refractivity (Wildman–Crippen MR) is 80.1 cm³/mol. The Bertz CT molecular complexity index is 679. The molecule has 2 rings (SSSR count). The molecule has 1 aliphatic carbocycles. The van der Waals surface area contributed by atoms with Gasteiger partial charge in [0.1, 0.15) is 0 Å². The molecule has 1 saturated carbocycles. The summed E-state index contributed by atoms with van der Waals surface area (Å²) in [5, 5.41) is -0.814. The summed E-state index contributed by atoms with van der Waals surface area (Å²) in [5.41, 5.74) is 0. The Kier molecular flexibility index (Phi) is 4.75. The van der Waals surface area contributed by atoms with E-state index in [9.17, 15) is 16.8 Å². The first-order chi connectivity index (χ1) is 9.70. The van der Waals surface area contributed by atoms with Gasteiger partial charge in [-0.2, -0.15) is 8.42 Å². The molecular formula is C14H20O5S2. The minimum absolute atomic E-state index is 0.214. The van der Waals surface area contributed by atoms with Gasteiger partial charge in [0.2, 0.25) is 0 Å². The van der Waals surface area contributed by atoms with Gasteiger partial charge in [-0.3, -0.25) is 4.18 Å². The minimum Gasteiger partial charge on any atom is -0.266 e. The number of rotatable bonds is 4. The van der Waals surface area contributed by atoms with Crippen LogP contribution in [0.25, 0.3) is 0 Å². The lowest BCUT2D eigenvalue weighted by atomic mass is 9.88. The molecule has 118 valence electrons. The third-order valence-corrected chi connectivity index (χ3v) is 6.62. The van der Waals surface area contributed by atoms with Crippen molar-refractivity contribution in [3.05, 3.63) is 30.3 Å². The van der Waals surface area contributed by atoms with Gasteiger partial charge in [-0.25, -0.2) is 8.42 Å². The molecule has 0 N–H and O–H groups in total. The molecular weight excluding hydrogens is 312 g/mol. The Hall–Kier alpha value is -0.920. The molecule has 0 amide bonds. The van der Waals surface area contributed by atoms with Crippen molar-refractivity contribution in [2.24, 2.45) is 5.92 Å². The molecule has 0 unspecified atom stereocenters. The fourth-order valence-corrected chi connectivity index (χ4v) is 5.40. The van der Waals surface area contributed by atoms with E-state index in [2.05, 4.69) is 0 Å². The average molecular weight is 332 g/mol. The zero-order chi connectivity index (χ0) is 15.7. The van der Waals surface area contributed by atoms with Gasteiger partial charge in [0.05, 0.1) is 22.5 Å². The van der Waals surface area contributed by atoms with Gasteiger partial charge in [-0.1, -0.05) is 25.1 Å². The molecule has 0 radical (unpaired) electrons. The summed E-state index contributed by atoms with van der Waals surface area (Å²) in [7, 11) is -7.28. The lowest BCUT2D eigenvalue weighted by Gasteiger charge is -2.33. The number of hydrogen-bond acceptors (Lipinski definition) is 5. The molecule has 0 spiro atoms. The first-order valence-electron chi connectivity index (χ1n) is 6.87. The van der Waals surface area contributed by atoms with E-state index in [4.69, 9.17) is 4.18 Å². The molecule has 7 heteroatoms. The molecule has 1 aromatic carbocycles. The Morgan fingerprint density at radius 1 is 1.05 bits per heavy atom. The van der Waals surface area contributed by atoms with Gasteiger partial charge in [-0.05, 0) is 37.3 Å². The van der Waals surface area contributed by atoms with Gasteiger partial charge in [0, 0.05) is 0 Å². The van der Waals surface area contributed by atoms with Crippen LogP contribution in [-0.4, -0.2) is 34.4 Å². The fraction of sp³-hybridized carbons (Fsp3) is 0.571. The first-order valence-corrected chi connectivity index (χ1v) is 10.2. The summed E-state index contributed by atoms with van der Waals surface area (Å²) >= 11 is 0. The highest BCUT2D eigenvalue weighted by Gasteiger charge is 2.40. The van der Waals surface area contributed by atoms with E-state index in [1.54, 1.807) is 18.2 Å². The van der Waals surface area contributed by atoms with Gasteiger partial charge in [-0.15, -0.1) is 0 Å². The second-order valence-corrected chi connectivity index (χ2v) is 9.42. The van der Waals surface area contributed by atoms with Gasteiger partial charge in [0.15, 0.2) is 9.84 Å². The number of sulfone groups is 1. The van der Waals surface area contributed by atoms with Crippen LogP contribution >= 0.6 is 0 Å². The van der Waals surface area contributed by atoms with Gasteiger partial charge >= 0.3 is 0 Å². The lowest BCUT2D eigenvalue weighted by Crippen LogP contribution is -2.41. The van der Waals surface area contributed by atoms with Crippen molar-refractivity contribution in [1.82, 2.24) is 0 Å². The van der Waals surface area contributed by atoms with Crippen LogP contribution in [0, 0.1) is 5.92 Å². The summed E-state index contributed by atoms with van der Waals surface area (Å²) < 4.78 is 53.3. The largest absolute Gasteiger partial charge is 0.266 e. The summed E-state index contributed by atoms with van der Waals surface area (Å²) in [6, 6.07) is 8.12. The Labute approximate surface area is 126 Å². The topological polar surface area (TPSA) is 77.5 Å². The normalized spacial score (nSPS) is 27.4. The van der Waals surface area contributed by atoms with Crippen LogP contribution in [0.15, 0.2) is 35.2 Å². The molecule has 3 atom stereocenters. The third-order valence-electron chi connectivity index (χ3n) is 3.76. The molecule has 1 fully saturated rings. The minimum atomic E-state index is -3.69. The van der Waals surface area contributed by atoms with Crippen molar-refractivity contribution in [2.75, 3.05) is 6.26 Å². The van der Waals surface area contributed by atoms with E-state index >= 15 is 0 Å². The number of hydrogen-bond donors (Lipinski definition) is 0. The lowest BCUT2D eigenvalue weighted by molar-refractivity contribution is 0.140. The van der Waals surface area contributed by atoms with E-state index in [1.807, 2.05) is 6.92 Å². The highest BCUT2D eigenvalue weighted by atomic mass is 32.2. The smallest absolute Gasteiger partial charge is 0.264 e. The molecule has 0 aromatic heterocycles. The summed E-state index contributed by atoms with van der Waals surface area (Å²) in [4.78, 5) is 0.214. The van der Waals surface area contributed by atoms with Crippen LogP contribution in [0.2, 0.25) is 0 Å². The monoisotopic (exact) mass is 332 g/mol. The van der Waals surface area contributed by atoms with Crippen molar-refractivity contribution < 1.29 is 21.0 Å². The van der Waals surface area contributed by atoms with Gasteiger partial charge < -0.3 is 0 Å². The molecule has 21 heavy (non-hydrogen) atoms. The first kappa shape index (κ1) is 16.5. The quantitative estimate of drug-likeness (QED) is 0.788. The van der Waals surface area contributed by atoms with Crippen LogP contribution in [-0.2, 0) is 24.1 Å². The molecule has 0 heterocycles. The molecule has 1 aliphatic rings. The van der Waals surface area contributed by atoms with E-state index in [0.717, 1.165) is 12.7 Å². The second kappa shape index (κ2) is 6.06. The van der Waals surface area contributed by atoms with Crippen LogP contribution in [0.5, 0.6) is 0 Å². The van der Waals surface area contributed by atoms with E-state index < -0.39 is 31.3 Å². The van der Waals surface area contributed by atoms with Crippen molar-refractivity contribution in [1.29, 1.82) is 0 Å². The maximum Gasteiger partial charge on any atom is 0.264 e. The zero-order valence-electron chi connectivity index (χ0n) is 12.1. The van der Waals surface area contributed by atoms with Crippen LogP contribution in [0.4, 0.5) is 0 Å². The summed E-state index contributed by atoms with van der Waals surface area (Å²) in [6.45, 7) is 1.98. The summed E-state index contributed by atoms with van der Waals surface area (Å²) in [5.74, 6) is 0.249. The Balaban J connectivity index is 2.35. The van der Waals surface area contributed by atoms with Crippen LogP contribution in [0.3, 0.4) is 0 Å². The SMILES string of the molecule is C[C@@H]1CC[C@@H](S(=O)(=O)c2ccccc2)[C@H](OS(C)(=O)=O)C1. The molecule has 5 nitrogen and oxygen atoms in total. The predicted octanol–water partition coefficient (Wildman–Crippen LogP) is 1.99. The van der Waals surface area contributed by atoms with Crippen molar-refractivity contribution in [3.63, 3.8) is 0 Å². The van der Waals surface area contributed by atoms with Crippen molar-refractivity contribution in [2.45, 2.75) is 42.4 Å². The molecule has 0 bridgehead atoms. The van der Waals surface area contributed by atoms with Crippen molar-refractivity contribution >= 4 is 20.0 Å². The highest BCUT2D eigenvalue weighted by molar-refractivity contribution is 7.92. The molecule has 1 aromatic rings. The van der Waals surface area contributed by atoms with Crippen molar-refractivity contribution in [3.8, 4) is 0 Å². The summed E-state index contributed by atoms with van der Waals surface area (Å²) in [6.07, 6.45) is 1.75. The highest BCUT2D eigenvalue weighted by Crippen LogP contribution is 2.34. The zero-order valence-corrected chi connectivity index (χ0v) is 13.7. The maximum atomic E-state index is 12.7. The average Bonchev–Trinajstić information content (AvgIpc) is 2.37. The molecule has 0 saturated heterocycles. The Morgan fingerprint density at radius 2 is 1.67 bits per heavy atom. The number of benzene rings is 1. The fourth-order valence-electron chi connectivity index (χ4n) is 2.77. The van der Waals surface area contributed by atoms with Gasteiger partial charge in [0.25, 0.3) is 10.1 Å². The second-order valence-electron chi connectivity index (χ2n) is 5.65. The standard InChI is InChI=1S/C14H20O5S2/c1-11-8-9-14(13(10-11)19-20(2,15)16)21(17,18)12-6-4-3-5-7-12/h3-7,11,13-14H,8-10H2,1-2H3/t11-,13-,14-/m1/s1. The molecule has 0 aliphatic heterocycles. The van der Waals surface area contributed by atoms with E-state index in [-0.39, 0.29) is 10.8 Å². The van der Waals surface area contributed by atoms with Crippen LogP contribution < -0.4 is 0 Å². The third kappa shape index (κ3) is 4.05. The van der Waals surface area contributed by atoms with E-state index in [1.165, 1.54) is 12.1 Å². The van der Waals surface area contributed by atoms with E-state index in [0.29, 0.717) is 12.8 Å². The Morgan fingerprint density at radius 3 is 2.24 bits per heavy atom. The van der Waals surface area contributed by atoms with Crippen LogP contribution in [0.1, 0.15) is 26.2 Å².